The molecule has 9 heavy (non-hydrogen) atoms. The van der Waals surface area contributed by atoms with Gasteiger partial charge in [-0.1, -0.05) is 32.0 Å². The van der Waals surface area contributed by atoms with Crippen LogP contribution in [-0.4, -0.2) is 15.2 Å². The van der Waals surface area contributed by atoms with Gasteiger partial charge >= 0.3 is 0 Å². The molecule has 0 bridgehead atoms. The van der Waals surface area contributed by atoms with Crippen LogP contribution in [0.2, 0.25) is 5.28 Å². The Balaban J connectivity index is 2.86. The van der Waals surface area contributed by atoms with Crippen molar-refractivity contribution in [3.05, 3.63) is 11.0 Å². The maximum absolute atomic E-state index is 2.44. The monoisotopic (exact) mass is 140 g/mol. The van der Waals surface area contributed by atoms with Crippen LogP contribution in [0.15, 0.2) is 11.0 Å². The average molecular weight is 140 g/mol. The quantitative estimate of drug-likeness (QED) is 0.406. The molecule has 0 aromatic heterocycles. The van der Waals surface area contributed by atoms with E-state index in [1.54, 1.807) is 0 Å². The third-order valence-electron chi connectivity index (χ3n) is 1.35. The highest BCUT2D eigenvalue weighted by atomic mass is 27.1. The fourth-order valence-corrected chi connectivity index (χ4v) is 1.84. The minimum absolute atomic E-state index is 0.210. The second-order valence-corrected chi connectivity index (χ2v) is 4.16. The van der Waals surface area contributed by atoms with Crippen molar-refractivity contribution in [2.75, 3.05) is 0 Å². The van der Waals surface area contributed by atoms with Crippen molar-refractivity contribution in [3.8, 4) is 0 Å². The van der Waals surface area contributed by atoms with E-state index in [1.165, 1.54) is 24.5 Å². The molecule has 1 heteroatoms. The Kier molecular flexibility index (Phi) is 8.52. The van der Waals surface area contributed by atoms with Gasteiger partial charge in [0.15, 0.2) is 0 Å². The molecule has 52 valence electrons. The van der Waals surface area contributed by atoms with Gasteiger partial charge in [-0.05, 0) is 6.42 Å². The molecule has 0 rings (SSSR count). The van der Waals surface area contributed by atoms with E-state index in [0.29, 0.717) is 0 Å². The molecular formula is C8H17Al. The summed E-state index contributed by atoms with van der Waals surface area (Å²) in [6.45, 7) is 4.49. The maximum atomic E-state index is 2.44. The maximum Gasteiger partial charge on any atom is 0.269 e. The second kappa shape index (κ2) is 8.27. The lowest BCUT2D eigenvalue weighted by Crippen LogP contribution is -1.80. The Labute approximate surface area is 65.1 Å². The first-order chi connectivity index (χ1) is 4.41. The number of unbranched alkanes of at least 4 members (excludes halogenated alkanes) is 1. The van der Waals surface area contributed by atoms with E-state index in [-0.39, 0.29) is 15.2 Å². The van der Waals surface area contributed by atoms with Gasteiger partial charge in [-0.2, -0.15) is 4.94 Å². The number of rotatable bonds is 5. The molecule has 0 saturated heterocycles. The zero-order valence-electron chi connectivity index (χ0n) is 6.69. The van der Waals surface area contributed by atoms with Crippen LogP contribution in [0, 0.1) is 0 Å². The topological polar surface area (TPSA) is 0 Å². The second-order valence-electron chi connectivity index (χ2n) is 2.40. The predicted molar refractivity (Wildman–Crippen MR) is 46.3 cm³/mol. The summed E-state index contributed by atoms with van der Waals surface area (Å²) < 4.78 is 0. The van der Waals surface area contributed by atoms with Crippen LogP contribution in [0.1, 0.15) is 33.1 Å². The normalized spacial score (nSPS) is 10.4. The molecule has 0 atom stereocenters. The largest absolute Gasteiger partial charge is 0.269 e. The Hall–Kier alpha value is 0.272. The van der Waals surface area contributed by atoms with Crippen LogP contribution in [-0.2, 0) is 0 Å². The number of hydrogen-bond donors (Lipinski definition) is 0. The molecule has 0 amide bonds. The van der Waals surface area contributed by atoms with Gasteiger partial charge in [0, 0.05) is 0 Å². The van der Waals surface area contributed by atoms with Crippen molar-refractivity contribution in [3.63, 3.8) is 0 Å². The highest BCUT2D eigenvalue weighted by Gasteiger charge is 1.82. The lowest BCUT2D eigenvalue weighted by Gasteiger charge is -1.84. The summed E-state index contributed by atoms with van der Waals surface area (Å²) in [5.41, 5.74) is 0. The SMILES string of the molecule is CCC/C=[CH]/[AlH][CH2]CC. The molecule has 0 aliphatic carbocycles. The summed E-state index contributed by atoms with van der Waals surface area (Å²) in [6.07, 6.45) is 6.32. The van der Waals surface area contributed by atoms with Gasteiger partial charge in [0.2, 0.25) is 0 Å². The lowest BCUT2D eigenvalue weighted by molar-refractivity contribution is 0.959. The van der Waals surface area contributed by atoms with E-state index in [2.05, 4.69) is 24.9 Å². The van der Waals surface area contributed by atoms with Crippen molar-refractivity contribution >= 4 is 15.2 Å². The highest BCUT2D eigenvalue weighted by Crippen LogP contribution is 1.90. The minimum atomic E-state index is 0.210. The highest BCUT2D eigenvalue weighted by molar-refractivity contribution is 6.41. The molecular weight excluding hydrogens is 123 g/mol. The summed E-state index contributed by atoms with van der Waals surface area (Å²) in [7, 11) is 0. The first-order valence-electron chi connectivity index (χ1n) is 4.06. The molecule has 0 aromatic rings. The van der Waals surface area contributed by atoms with Crippen molar-refractivity contribution in [1.29, 1.82) is 0 Å². The van der Waals surface area contributed by atoms with E-state index in [1.807, 2.05) is 0 Å². The van der Waals surface area contributed by atoms with Gasteiger partial charge in [-0.15, -0.1) is 6.08 Å². The van der Waals surface area contributed by atoms with E-state index < -0.39 is 0 Å². The van der Waals surface area contributed by atoms with Gasteiger partial charge in [-0.25, -0.2) is 0 Å². The molecule has 0 heterocycles. The molecule has 0 spiro atoms. The summed E-state index contributed by atoms with van der Waals surface area (Å²) in [5.74, 6) is 0. The van der Waals surface area contributed by atoms with Crippen LogP contribution in [0.25, 0.3) is 0 Å². The van der Waals surface area contributed by atoms with Crippen molar-refractivity contribution in [2.24, 2.45) is 0 Å². The summed E-state index contributed by atoms with van der Waals surface area (Å²) in [5, 5.41) is 1.49. The Morgan fingerprint density at radius 1 is 1.22 bits per heavy atom. The van der Waals surface area contributed by atoms with Crippen LogP contribution >= 0.6 is 0 Å². The van der Waals surface area contributed by atoms with Gasteiger partial charge in [0.1, 0.15) is 0 Å². The third kappa shape index (κ3) is 8.27. The van der Waals surface area contributed by atoms with Crippen molar-refractivity contribution < 1.29 is 0 Å². The van der Waals surface area contributed by atoms with Gasteiger partial charge in [0.05, 0.1) is 0 Å². The van der Waals surface area contributed by atoms with Crippen LogP contribution < -0.4 is 0 Å². The Morgan fingerprint density at radius 2 is 2.00 bits per heavy atom. The lowest BCUT2D eigenvalue weighted by atomic mass is 10.3. The van der Waals surface area contributed by atoms with Gasteiger partial charge < -0.3 is 0 Å². The van der Waals surface area contributed by atoms with E-state index in [9.17, 15) is 0 Å². The first kappa shape index (κ1) is 9.27. The Morgan fingerprint density at radius 3 is 2.56 bits per heavy atom. The smallest absolute Gasteiger partial charge is 0.152 e. The predicted octanol–water partition coefficient (Wildman–Crippen LogP) is 2.57. The average Bonchev–Trinajstić information content (AvgIpc) is 1.89. The minimum Gasteiger partial charge on any atom is -0.152 e. The molecule has 0 saturated carbocycles. The third-order valence-corrected chi connectivity index (χ3v) is 3.13. The molecule has 0 aliphatic heterocycles. The molecule has 0 radical (unpaired) electrons. The molecule has 0 unspecified atom stereocenters. The zero-order valence-corrected chi connectivity index (χ0v) is 8.10. The fraction of sp³-hybridized carbons (Fsp3) is 0.750. The molecule has 0 aromatic carbocycles. The van der Waals surface area contributed by atoms with Crippen molar-refractivity contribution in [2.45, 2.75) is 38.4 Å². The summed E-state index contributed by atoms with van der Waals surface area (Å²) in [6, 6.07) is 0. The van der Waals surface area contributed by atoms with Crippen LogP contribution in [0.5, 0.6) is 0 Å². The standard InChI is InChI=1S/C5H9.C3H7.Al.H/c1-3-5-4-2;1-3-2;;/h1,3H,4-5H2,2H3;1,3H2,2H3;;. The molecule has 0 nitrogen and oxygen atoms in total. The van der Waals surface area contributed by atoms with E-state index in [4.69, 9.17) is 0 Å². The van der Waals surface area contributed by atoms with Crippen LogP contribution in [0.3, 0.4) is 0 Å². The molecule has 0 aliphatic rings. The van der Waals surface area contributed by atoms with Crippen molar-refractivity contribution in [1.82, 2.24) is 0 Å². The van der Waals surface area contributed by atoms with Gasteiger partial charge in [-0.3, -0.25) is 0 Å². The van der Waals surface area contributed by atoms with E-state index in [0.717, 1.165) is 0 Å². The summed E-state index contributed by atoms with van der Waals surface area (Å²) in [4.78, 5) is 2.44. The fourth-order valence-electron chi connectivity index (χ4n) is 0.724. The summed E-state index contributed by atoms with van der Waals surface area (Å²) >= 11 is 0.210. The molecule has 0 fully saturated rings. The number of allylic oxidation sites excluding steroid dienone is 1. The van der Waals surface area contributed by atoms with Crippen LogP contribution in [0.4, 0.5) is 0 Å². The Bertz CT molecular complexity index is 67.0. The van der Waals surface area contributed by atoms with Gasteiger partial charge in [0.25, 0.3) is 15.2 Å². The number of hydrogen-bond acceptors (Lipinski definition) is 0. The zero-order chi connectivity index (χ0) is 6.95. The van der Waals surface area contributed by atoms with E-state index >= 15 is 0 Å². The first-order valence-corrected chi connectivity index (χ1v) is 5.88. The molecule has 0 N–H and O–H groups in total.